The van der Waals surface area contributed by atoms with Gasteiger partial charge in [0.15, 0.2) is 16.7 Å². The first-order chi connectivity index (χ1) is 11.0. The fourth-order valence-electron chi connectivity index (χ4n) is 2.12. The molecule has 0 saturated carbocycles. The largest absolute Gasteiger partial charge is 0.494 e. The number of halogens is 2. The zero-order valence-electron chi connectivity index (χ0n) is 13.0. The molecule has 2 aromatic carbocycles. The van der Waals surface area contributed by atoms with E-state index in [4.69, 9.17) is 17.0 Å². The minimum atomic E-state index is -0.369. The lowest BCUT2D eigenvalue weighted by Gasteiger charge is -2.24. The molecule has 0 heterocycles. The van der Waals surface area contributed by atoms with Crippen molar-refractivity contribution in [1.82, 2.24) is 4.90 Å². The maximum absolute atomic E-state index is 13.8. The lowest BCUT2D eigenvalue weighted by atomic mass is 10.2. The van der Waals surface area contributed by atoms with Gasteiger partial charge in [0.05, 0.1) is 7.11 Å². The van der Waals surface area contributed by atoms with Crippen LogP contribution in [-0.2, 0) is 6.54 Å². The van der Waals surface area contributed by atoms with Gasteiger partial charge >= 0.3 is 0 Å². The average Bonchev–Trinajstić information content (AvgIpc) is 2.52. The van der Waals surface area contributed by atoms with Crippen molar-refractivity contribution >= 4 is 38.9 Å². The SMILES string of the molecule is CCN(Cc1ccc(OC)c(F)c1)C(=S)Nc1cccc(Br)c1. The second kappa shape index (κ2) is 8.26. The molecule has 0 amide bonds. The topological polar surface area (TPSA) is 24.5 Å². The molecule has 0 saturated heterocycles. The number of hydrogen-bond donors (Lipinski definition) is 1. The number of nitrogens with zero attached hydrogens (tertiary/aromatic N) is 1. The van der Waals surface area contributed by atoms with Gasteiger partial charge in [-0.05, 0) is 55.0 Å². The number of methoxy groups -OCH3 is 1. The molecule has 0 radical (unpaired) electrons. The standard InChI is InChI=1S/C17H18BrFN2OS/c1-3-21(11-12-7-8-16(22-2)15(19)9-12)17(23)20-14-6-4-5-13(18)10-14/h4-10H,3,11H2,1-2H3,(H,20,23). The van der Waals surface area contributed by atoms with Crippen LogP contribution < -0.4 is 10.1 Å². The number of hydrogen-bond acceptors (Lipinski definition) is 2. The summed E-state index contributed by atoms with van der Waals surface area (Å²) in [7, 11) is 1.45. The fourth-order valence-corrected chi connectivity index (χ4v) is 2.84. The van der Waals surface area contributed by atoms with Crippen molar-refractivity contribution in [3.05, 3.63) is 58.3 Å². The Labute approximate surface area is 149 Å². The van der Waals surface area contributed by atoms with Crippen LogP contribution in [0.1, 0.15) is 12.5 Å². The van der Waals surface area contributed by atoms with E-state index in [-0.39, 0.29) is 11.6 Å². The molecule has 2 aromatic rings. The van der Waals surface area contributed by atoms with Crippen molar-refractivity contribution in [2.24, 2.45) is 0 Å². The van der Waals surface area contributed by atoms with Crippen LogP contribution in [0.4, 0.5) is 10.1 Å². The van der Waals surface area contributed by atoms with E-state index < -0.39 is 0 Å². The van der Waals surface area contributed by atoms with Gasteiger partial charge in [0.25, 0.3) is 0 Å². The zero-order valence-corrected chi connectivity index (χ0v) is 15.4. The number of ether oxygens (including phenoxy) is 1. The summed E-state index contributed by atoms with van der Waals surface area (Å²) < 4.78 is 19.7. The van der Waals surface area contributed by atoms with Crippen molar-refractivity contribution in [2.45, 2.75) is 13.5 Å². The van der Waals surface area contributed by atoms with Gasteiger partial charge in [0, 0.05) is 23.2 Å². The molecule has 0 atom stereocenters. The van der Waals surface area contributed by atoms with Crippen molar-refractivity contribution in [1.29, 1.82) is 0 Å². The van der Waals surface area contributed by atoms with Gasteiger partial charge in [-0.1, -0.05) is 28.1 Å². The fraction of sp³-hybridized carbons (Fsp3) is 0.235. The van der Waals surface area contributed by atoms with Gasteiger partial charge in [-0.2, -0.15) is 0 Å². The Morgan fingerprint density at radius 2 is 2.09 bits per heavy atom. The smallest absolute Gasteiger partial charge is 0.173 e. The molecule has 0 fully saturated rings. The maximum Gasteiger partial charge on any atom is 0.173 e. The molecule has 0 unspecified atom stereocenters. The molecule has 1 N–H and O–H groups in total. The summed E-state index contributed by atoms with van der Waals surface area (Å²) in [4.78, 5) is 1.97. The van der Waals surface area contributed by atoms with Gasteiger partial charge in [-0.25, -0.2) is 4.39 Å². The summed E-state index contributed by atoms with van der Waals surface area (Å²) in [6.45, 7) is 3.25. The number of benzene rings is 2. The van der Waals surface area contributed by atoms with E-state index in [0.29, 0.717) is 18.2 Å². The molecule has 2 rings (SSSR count). The number of thiocarbonyl (C=S) groups is 1. The Bertz CT molecular complexity index is 696. The minimum absolute atomic E-state index is 0.242. The highest BCUT2D eigenvalue weighted by Crippen LogP contribution is 2.20. The highest BCUT2D eigenvalue weighted by molar-refractivity contribution is 9.10. The van der Waals surface area contributed by atoms with Gasteiger partial charge in [0.2, 0.25) is 0 Å². The van der Waals surface area contributed by atoms with Crippen LogP contribution >= 0.6 is 28.1 Å². The molecular formula is C17H18BrFN2OS. The lowest BCUT2D eigenvalue weighted by Crippen LogP contribution is -2.34. The maximum atomic E-state index is 13.8. The Kier molecular flexibility index (Phi) is 6.36. The van der Waals surface area contributed by atoms with Gasteiger partial charge < -0.3 is 15.0 Å². The molecule has 23 heavy (non-hydrogen) atoms. The van der Waals surface area contributed by atoms with E-state index in [1.165, 1.54) is 13.2 Å². The van der Waals surface area contributed by atoms with Gasteiger partial charge in [-0.15, -0.1) is 0 Å². The van der Waals surface area contributed by atoms with E-state index in [1.54, 1.807) is 6.07 Å². The molecule has 6 heteroatoms. The summed E-state index contributed by atoms with van der Waals surface area (Å²) in [5, 5.41) is 3.80. The number of rotatable bonds is 5. The van der Waals surface area contributed by atoms with E-state index >= 15 is 0 Å². The van der Waals surface area contributed by atoms with Crippen LogP contribution in [0.15, 0.2) is 46.9 Å². The molecule has 0 aliphatic carbocycles. The van der Waals surface area contributed by atoms with Crippen molar-refractivity contribution in [3.8, 4) is 5.75 Å². The highest BCUT2D eigenvalue weighted by Gasteiger charge is 2.11. The van der Waals surface area contributed by atoms with Gasteiger partial charge in [-0.3, -0.25) is 0 Å². The van der Waals surface area contributed by atoms with E-state index in [2.05, 4.69) is 21.2 Å². The Hall–Kier alpha value is -1.66. The molecule has 0 spiro atoms. The van der Waals surface area contributed by atoms with E-state index in [1.807, 2.05) is 42.2 Å². The third-order valence-electron chi connectivity index (χ3n) is 3.33. The lowest BCUT2D eigenvalue weighted by molar-refractivity contribution is 0.384. The first-order valence-electron chi connectivity index (χ1n) is 7.17. The quantitative estimate of drug-likeness (QED) is 0.732. The Morgan fingerprint density at radius 1 is 1.30 bits per heavy atom. The van der Waals surface area contributed by atoms with Gasteiger partial charge in [0.1, 0.15) is 0 Å². The Balaban J connectivity index is 2.07. The average molecular weight is 397 g/mol. The Morgan fingerprint density at radius 3 is 2.70 bits per heavy atom. The predicted molar refractivity (Wildman–Crippen MR) is 99.4 cm³/mol. The first kappa shape index (κ1) is 17.7. The van der Waals surface area contributed by atoms with Crippen molar-refractivity contribution in [2.75, 3.05) is 19.0 Å². The monoisotopic (exact) mass is 396 g/mol. The summed E-state index contributed by atoms with van der Waals surface area (Å²) in [5.74, 6) is -0.126. The molecular weight excluding hydrogens is 379 g/mol. The summed E-state index contributed by atoms with van der Waals surface area (Å²) in [6.07, 6.45) is 0. The molecule has 0 aromatic heterocycles. The van der Waals surface area contributed by atoms with Crippen LogP contribution in [0, 0.1) is 5.82 Å². The zero-order chi connectivity index (χ0) is 16.8. The van der Waals surface area contributed by atoms with Crippen molar-refractivity contribution in [3.63, 3.8) is 0 Å². The molecule has 0 aliphatic heterocycles. The number of anilines is 1. The highest BCUT2D eigenvalue weighted by atomic mass is 79.9. The van der Waals surface area contributed by atoms with Crippen LogP contribution in [0.2, 0.25) is 0 Å². The number of nitrogens with one attached hydrogen (secondary N) is 1. The van der Waals surface area contributed by atoms with Crippen LogP contribution in [0.5, 0.6) is 5.75 Å². The van der Waals surface area contributed by atoms with Crippen LogP contribution in [0.3, 0.4) is 0 Å². The first-order valence-corrected chi connectivity index (χ1v) is 8.37. The second-order valence-electron chi connectivity index (χ2n) is 4.92. The second-order valence-corrected chi connectivity index (χ2v) is 6.23. The van der Waals surface area contributed by atoms with E-state index in [9.17, 15) is 4.39 Å². The molecule has 0 bridgehead atoms. The molecule has 122 valence electrons. The molecule has 3 nitrogen and oxygen atoms in total. The predicted octanol–water partition coefficient (Wildman–Crippen LogP) is 4.82. The normalized spacial score (nSPS) is 10.3. The summed E-state index contributed by atoms with van der Waals surface area (Å²) in [6, 6.07) is 12.7. The third kappa shape index (κ3) is 4.91. The summed E-state index contributed by atoms with van der Waals surface area (Å²) in [5.41, 5.74) is 1.74. The third-order valence-corrected chi connectivity index (χ3v) is 4.19. The van der Waals surface area contributed by atoms with Crippen molar-refractivity contribution < 1.29 is 9.13 Å². The van der Waals surface area contributed by atoms with E-state index in [0.717, 1.165) is 15.7 Å². The van der Waals surface area contributed by atoms with Crippen LogP contribution in [0.25, 0.3) is 0 Å². The molecule has 0 aliphatic rings. The summed E-state index contributed by atoms with van der Waals surface area (Å²) >= 11 is 8.89. The van der Waals surface area contributed by atoms with Crippen LogP contribution in [-0.4, -0.2) is 23.7 Å². The minimum Gasteiger partial charge on any atom is -0.494 e.